The Bertz CT molecular complexity index is 409. The molecule has 0 saturated carbocycles. The molecule has 0 radical (unpaired) electrons. The van der Waals surface area contributed by atoms with E-state index in [9.17, 15) is 31.1 Å². The van der Waals surface area contributed by atoms with E-state index in [2.05, 4.69) is 4.98 Å². The molecule has 0 bridgehead atoms. The lowest BCUT2D eigenvalue weighted by Gasteiger charge is -2.09. The Morgan fingerprint density at radius 3 is 2.35 bits per heavy atom. The molecule has 1 aromatic rings. The Kier molecular flexibility index (Phi) is 3.65. The van der Waals surface area contributed by atoms with Gasteiger partial charge in [0.1, 0.15) is 11.4 Å². The van der Waals surface area contributed by atoms with E-state index in [1.165, 1.54) is 5.32 Å². The van der Waals surface area contributed by atoms with Gasteiger partial charge < -0.3 is 5.32 Å². The average molecular weight is 278 g/mol. The largest absolute Gasteiger partial charge is 0.434 e. The van der Waals surface area contributed by atoms with Crippen LogP contribution >= 0.6 is 11.3 Å². The summed E-state index contributed by atoms with van der Waals surface area (Å²) in [6, 6.07) is 0. The number of amides is 1. The standard InChI is InChI=1S/C7H4F6N2OS/c8-6(9,10)1-14-5(16)3-4(7(11,12)13)15-2-17-3/h2H,1H2,(H,14,16). The molecule has 0 saturated heterocycles. The molecule has 0 aliphatic carbocycles. The lowest BCUT2D eigenvalue weighted by Crippen LogP contribution is -2.34. The van der Waals surface area contributed by atoms with E-state index in [1.54, 1.807) is 0 Å². The van der Waals surface area contributed by atoms with Crippen molar-refractivity contribution in [2.24, 2.45) is 0 Å². The first-order chi connectivity index (χ1) is 7.61. The number of hydrogen-bond donors (Lipinski definition) is 1. The SMILES string of the molecule is O=C(NCC(F)(F)F)c1scnc1C(F)(F)F. The van der Waals surface area contributed by atoms with Gasteiger partial charge in [-0.1, -0.05) is 0 Å². The number of aromatic nitrogens is 1. The van der Waals surface area contributed by atoms with Gasteiger partial charge >= 0.3 is 12.4 Å². The topological polar surface area (TPSA) is 42.0 Å². The summed E-state index contributed by atoms with van der Waals surface area (Å²) in [5, 5.41) is 1.34. The molecule has 96 valence electrons. The number of carbonyl (C=O) groups is 1. The van der Waals surface area contributed by atoms with E-state index in [4.69, 9.17) is 0 Å². The number of nitrogens with one attached hydrogen (secondary N) is 1. The summed E-state index contributed by atoms with van der Waals surface area (Å²) < 4.78 is 72.0. The summed E-state index contributed by atoms with van der Waals surface area (Å²) in [6.45, 7) is -1.69. The van der Waals surface area contributed by atoms with E-state index >= 15 is 0 Å². The van der Waals surface area contributed by atoms with Crippen LogP contribution in [0.4, 0.5) is 26.3 Å². The number of rotatable bonds is 2. The highest BCUT2D eigenvalue weighted by Crippen LogP contribution is 2.32. The lowest BCUT2D eigenvalue weighted by atomic mass is 10.3. The molecule has 0 unspecified atom stereocenters. The molecule has 0 aliphatic rings. The Labute approximate surface area is 94.5 Å². The third kappa shape index (κ3) is 3.88. The molecule has 0 atom stereocenters. The van der Waals surface area contributed by atoms with Gasteiger partial charge in [0.15, 0.2) is 5.69 Å². The highest BCUT2D eigenvalue weighted by Gasteiger charge is 2.39. The van der Waals surface area contributed by atoms with Gasteiger partial charge in [0, 0.05) is 0 Å². The van der Waals surface area contributed by atoms with Crippen molar-refractivity contribution in [3.8, 4) is 0 Å². The molecule has 10 heteroatoms. The van der Waals surface area contributed by atoms with E-state index in [0.29, 0.717) is 11.3 Å². The molecule has 17 heavy (non-hydrogen) atoms. The zero-order chi connectivity index (χ0) is 13.3. The van der Waals surface area contributed by atoms with E-state index in [0.717, 1.165) is 5.51 Å². The molecule has 0 aliphatic heterocycles. The molecular formula is C7H4F6N2OS. The van der Waals surface area contributed by atoms with Crippen LogP contribution in [0.2, 0.25) is 0 Å². The molecule has 1 N–H and O–H groups in total. The van der Waals surface area contributed by atoms with Gasteiger partial charge in [-0.3, -0.25) is 4.79 Å². The first-order valence-corrected chi connectivity index (χ1v) is 4.85. The molecular weight excluding hydrogens is 274 g/mol. The average Bonchev–Trinajstić information content (AvgIpc) is 2.60. The minimum Gasteiger partial charge on any atom is -0.342 e. The number of alkyl halides is 6. The van der Waals surface area contributed by atoms with Crippen molar-refractivity contribution in [1.29, 1.82) is 0 Å². The van der Waals surface area contributed by atoms with Crippen LogP contribution in [-0.2, 0) is 6.18 Å². The lowest BCUT2D eigenvalue weighted by molar-refractivity contribution is -0.141. The van der Waals surface area contributed by atoms with Gasteiger partial charge in [-0.05, 0) is 0 Å². The van der Waals surface area contributed by atoms with Crippen molar-refractivity contribution < 1.29 is 31.1 Å². The summed E-state index contributed by atoms with van der Waals surface area (Å²) in [5.41, 5.74) is -0.743. The maximum atomic E-state index is 12.3. The normalized spacial score (nSPS) is 12.6. The van der Waals surface area contributed by atoms with Crippen LogP contribution in [0.5, 0.6) is 0 Å². The minimum atomic E-state index is -4.87. The van der Waals surface area contributed by atoms with Gasteiger partial charge in [-0.2, -0.15) is 26.3 Å². The highest BCUT2D eigenvalue weighted by molar-refractivity contribution is 7.11. The first-order valence-electron chi connectivity index (χ1n) is 3.97. The fourth-order valence-electron chi connectivity index (χ4n) is 0.870. The number of carbonyl (C=O) groups excluding carboxylic acids is 1. The predicted octanol–water partition coefficient (Wildman–Crippen LogP) is 2.45. The third-order valence-electron chi connectivity index (χ3n) is 1.49. The van der Waals surface area contributed by atoms with Crippen molar-refractivity contribution in [2.45, 2.75) is 12.4 Å². The van der Waals surface area contributed by atoms with Crippen LogP contribution in [0.1, 0.15) is 15.4 Å². The Hall–Kier alpha value is -1.32. The summed E-state index contributed by atoms with van der Waals surface area (Å²) in [6.07, 6.45) is -9.55. The third-order valence-corrected chi connectivity index (χ3v) is 2.32. The number of hydrogen-bond acceptors (Lipinski definition) is 3. The summed E-state index contributed by atoms with van der Waals surface area (Å²) >= 11 is 0.325. The molecule has 1 aromatic heterocycles. The summed E-state index contributed by atoms with van der Waals surface area (Å²) in [5.74, 6) is -1.45. The van der Waals surface area contributed by atoms with Gasteiger partial charge in [0.05, 0.1) is 5.51 Å². The van der Waals surface area contributed by atoms with Crippen molar-refractivity contribution >= 4 is 17.2 Å². The maximum absolute atomic E-state index is 12.3. The Morgan fingerprint density at radius 2 is 1.88 bits per heavy atom. The number of nitrogens with zero attached hydrogens (tertiary/aromatic N) is 1. The predicted molar refractivity (Wildman–Crippen MR) is 45.5 cm³/mol. The van der Waals surface area contributed by atoms with Crippen molar-refractivity contribution in [3.63, 3.8) is 0 Å². The minimum absolute atomic E-state index is 0.325. The summed E-state index contributed by atoms with van der Waals surface area (Å²) in [4.78, 5) is 13.1. The van der Waals surface area contributed by atoms with Crippen LogP contribution < -0.4 is 5.32 Å². The van der Waals surface area contributed by atoms with Crippen LogP contribution in [0, 0.1) is 0 Å². The van der Waals surface area contributed by atoms with Crippen molar-refractivity contribution in [2.75, 3.05) is 6.54 Å². The molecule has 0 fully saturated rings. The molecule has 3 nitrogen and oxygen atoms in total. The molecule has 1 amide bonds. The van der Waals surface area contributed by atoms with Crippen LogP contribution in [0.3, 0.4) is 0 Å². The number of thiazole rings is 1. The quantitative estimate of drug-likeness (QED) is 0.844. The molecule has 0 aromatic carbocycles. The zero-order valence-electron chi connectivity index (χ0n) is 7.82. The van der Waals surface area contributed by atoms with Crippen molar-refractivity contribution in [1.82, 2.24) is 10.3 Å². The van der Waals surface area contributed by atoms with Gasteiger partial charge in [0.2, 0.25) is 0 Å². The van der Waals surface area contributed by atoms with Gasteiger partial charge in [-0.15, -0.1) is 11.3 Å². The first kappa shape index (κ1) is 13.7. The Balaban J connectivity index is 2.81. The smallest absolute Gasteiger partial charge is 0.342 e. The molecule has 1 heterocycles. The second kappa shape index (κ2) is 4.51. The maximum Gasteiger partial charge on any atom is 0.434 e. The zero-order valence-corrected chi connectivity index (χ0v) is 8.63. The summed E-state index contributed by atoms with van der Waals surface area (Å²) in [7, 11) is 0. The van der Waals surface area contributed by atoms with Crippen LogP contribution in [0.15, 0.2) is 5.51 Å². The fourth-order valence-corrected chi connectivity index (χ4v) is 1.59. The molecule has 0 spiro atoms. The second-order valence-corrected chi connectivity index (χ2v) is 3.68. The molecule has 1 rings (SSSR count). The second-order valence-electron chi connectivity index (χ2n) is 2.83. The monoisotopic (exact) mass is 278 g/mol. The van der Waals surface area contributed by atoms with E-state index < -0.39 is 35.4 Å². The van der Waals surface area contributed by atoms with Crippen molar-refractivity contribution in [3.05, 3.63) is 16.1 Å². The van der Waals surface area contributed by atoms with Crippen LogP contribution in [-0.4, -0.2) is 23.6 Å². The number of halogens is 6. The highest BCUT2D eigenvalue weighted by atomic mass is 32.1. The fraction of sp³-hybridized carbons (Fsp3) is 0.429. The van der Waals surface area contributed by atoms with Crippen LogP contribution in [0.25, 0.3) is 0 Å². The van der Waals surface area contributed by atoms with Gasteiger partial charge in [-0.25, -0.2) is 4.98 Å². The van der Waals surface area contributed by atoms with E-state index in [1.807, 2.05) is 0 Å². The Morgan fingerprint density at radius 1 is 1.29 bits per heavy atom. The van der Waals surface area contributed by atoms with Gasteiger partial charge in [0.25, 0.3) is 5.91 Å². The van der Waals surface area contributed by atoms with E-state index in [-0.39, 0.29) is 0 Å².